The zero-order valence-corrected chi connectivity index (χ0v) is 10.8. The maximum atomic E-state index is 5.98. The topological polar surface area (TPSA) is 31.0 Å². The number of furan rings is 1. The third-order valence-electron chi connectivity index (χ3n) is 3.02. The summed E-state index contributed by atoms with van der Waals surface area (Å²) in [5, 5.41) is 0. The van der Waals surface area contributed by atoms with E-state index in [-0.39, 0.29) is 0 Å². The van der Waals surface area contributed by atoms with Crippen LogP contribution in [-0.4, -0.2) is 9.55 Å². The molecule has 0 amide bonds. The van der Waals surface area contributed by atoms with Crippen LogP contribution in [0, 0.1) is 6.92 Å². The van der Waals surface area contributed by atoms with Crippen molar-refractivity contribution in [2.75, 3.05) is 0 Å². The van der Waals surface area contributed by atoms with Crippen LogP contribution < -0.4 is 0 Å². The lowest BCUT2D eigenvalue weighted by Gasteiger charge is -2.05. The van der Waals surface area contributed by atoms with Gasteiger partial charge in [-0.2, -0.15) is 0 Å². The molecule has 92 valence electrons. The van der Waals surface area contributed by atoms with Gasteiger partial charge in [0, 0.05) is 5.56 Å². The van der Waals surface area contributed by atoms with Crippen LogP contribution in [0.1, 0.15) is 17.0 Å². The lowest BCUT2D eigenvalue weighted by molar-refractivity contribution is 0.562. The highest BCUT2D eigenvalue weighted by atomic mass is 35.5. The van der Waals surface area contributed by atoms with Crippen LogP contribution in [0.15, 0.2) is 41.2 Å². The van der Waals surface area contributed by atoms with Gasteiger partial charge in [0.05, 0.1) is 36.0 Å². The SMILES string of the molecule is Cc1ccc2c(c1)nc(CCl)n2Cc1ccoc1. The van der Waals surface area contributed by atoms with Gasteiger partial charge in [0.2, 0.25) is 0 Å². The van der Waals surface area contributed by atoms with Crippen LogP contribution in [0.5, 0.6) is 0 Å². The summed E-state index contributed by atoms with van der Waals surface area (Å²) in [5.74, 6) is 1.30. The quantitative estimate of drug-likeness (QED) is 0.672. The number of aryl methyl sites for hydroxylation is 1. The summed E-state index contributed by atoms with van der Waals surface area (Å²) in [6.45, 7) is 2.80. The minimum atomic E-state index is 0.408. The van der Waals surface area contributed by atoms with Gasteiger partial charge in [0.1, 0.15) is 5.82 Å². The van der Waals surface area contributed by atoms with Gasteiger partial charge in [-0.1, -0.05) is 6.07 Å². The largest absolute Gasteiger partial charge is 0.472 e. The smallest absolute Gasteiger partial charge is 0.125 e. The van der Waals surface area contributed by atoms with Crippen molar-refractivity contribution in [1.29, 1.82) is 0 Å². The Morgan fingerprint density at radius 1 is 1.33 bits per heavy atom. The van der Waals surface area contributed by atoms with E-state index < -0.39 is 0 Å². The summed E-state index contributed by atoms with van der Waals surface area (Å²) in [6.07, 6.45) is 3.43. The van der Waals surface area contributed by atoms with Crippen LogP contribution in [-0.2, 0) is 12.4 Å². The molecule has 2 aromatic heterocycles. The third-order valence-corrected chi connectivity index (χ3v) is 3.26. The number of imidazole rings is 1. The molecule has 0 bridgehead atoms. The molecule has 0 aliphatic rings. The summed E-state index contributed by atoms with van der Waals surface area (Å²) in [7, 11) is 0. The van der Waals surface area contributed by atoms with E-state index in [2.05, 4.69) is 34.7 Å². The Hall–Kier alpha value is -1.74. The monoisotopic (exact) mass is 260 g/mol. The molecular formula is C14H13ClN2O. The Morgan fingerprint density at radius 2 is 2.22 bits per heavy atom. The van der Waals surface area contributed by atoms with Crippen molar-refractivity contribution < 1.29 is 4.42 Å². The highest BCUT2D eigenvalue weighted by Crippen LogP contribution is 2.20. The van der Waals surface area contributed by atoms with Crippen molar-refractivity contribution in [3.8, 4) is 0 Å². The predicted molar refractivity (Wildman–Crippen MR) is 71.8 cm³/mol. The molecule has 0 aliphatic heterocycles. The fraction of sp³-hybridized carbons (Fsp3) is 0.214. The predicted octanol–water partition coefficient (Wildman–Crippen LogP) is 3.72. The number of fused-ring (bicyclic) bond motifs is 1. The molecule has 4 heteroatoms. The van der Waals surface area contributed by atoms with Crippen molar-refractivity contribution >= 4 is 22.6 Å². The van der Waals surface area contributed by atoms with E-state index >= 15 is 0 Å². The molecule has 0 N–H and O–H groups in total. The third kappa shape index (κ3) is 1.91. The standard InChI is InChI=1S/C14H13ClN2O/c1-10-2-3-13-12(6-10)16-14(7-15)17(13)8-11-4-5-18-9-11/h2-6,9H,7-8H2,1H3. The lowest BCUT2D eigenvalue weighted by atomic mass is 10.2. The first-order valence-electron chi connectivity index (χ1n) is 5.81. The average molecular weight is 261 g/mol. The lowest BCUT2D eigenvalue weighted by Crippen LogP contribution is -2.02. The molecule has 0 aliphatic carbocycles. The molecule has 3 rings (SSSR count). The summed E-state index contributed by atoms with van der Waals surface area (Å²) in [5.41, 5.74) is 4.42. The van der Waals surface area contributed by atoms with E-state index in [9.17, 15) is 0 Å². The molecule has 0 saturated carbocycles. The number of hydrogen-bond donors (Lipinski definition) is 0. The molecule has 18 heavy (non-hydrogen) atoms. The Kier molecular flexibility index (Phi) is 2.84. The number of halogens is 1. The molecule has 0 unspecified atom stereocenters. The Morgan fingerprint density at radius 3 is 2.94 bits per heavy atom. The Labute approximate surface area is 110 Å². The fourth-order valence-corrected chi connectivity index (χ4v) is 2.34. The van der Waals surface area contributed by atoms with Crippen molar-refractivity contribution in [2.24, 2.45) is 0 Å². The molecule has 1 aromatic carbocycles. The summed E-state index contributed by atoms with van der Waals surface area (Å²) in [6, 6.07) is 8.22. The Bertz CT molecular complexity index is 670. The van der Waals surface area contributed by atoms with E-state index in [0.29, 0.717) is 5.88 Å². The minimum absolute atomic E-state index is 0.408. The normalized spacial score (nSPS) is 11.2. The van der Waals surface area contributed by atoms with Gasteiger partial charge in [-0.05, 0) is 30.7 Å². The molecule has 0 atom stereocenters. The van der Waals surface area contributed by atoms with E-state index in [1.807, 2.05) is 6.07 Å². The average Bonchev–Trinajstić information content (AvgIpc) is 2.97. The molecule has 2 heterocycles. The molecular weight excluding hydrogens is 248 g/mol. The molecule has 0 radical (unpaired) electrons. The number of nitrogens with zero attached hydrogens (tertiary/aromatic N) is 2. The fourth-order valence-electron chi connectivity index (χ4n) is 2.13. The maximum absolute atomic E-state index is 5.98. The number of alkyl halides is 1. The first-order chi connectivity index (χ1) is 8.78. The van der Waals surface area contributed by atoms with E-state index in [1.54, 1.807) is 12.5 Å². The summed E-state index contributed by atoms with van der Waals surface area (Å²) >= 11 is 5.98. The minimum Gasteiger partial charge on any atom is -0.472 e. The van der Waals surface area contributed by atoms with Crippen LogP contribution >= 0.6 is 11.6 Å². The van der Waals surface area contributed by atoms with Crippen molar-refractivity contribution in [2.45, 2.75) is 19.3 Å². The van der Waals surface area contributed by atoms with Gasteiger partial charge in [-0.25, -0.2) is 4.98 Å². The van der Waals surface area contributed by atoms with Gasteiger partial charge in [-0.15, -0.1) is 11.6 Å². The van der Waals surface area contributed by atoms with Gasteiger partial charge < -0.3 is 8.98 Å². The van der Waals surface area contributed by atoms with E-state index in [4.69, 9.17) is 16.0 Å². The second-order valence-electron chi connectivity index (χ2n) is 4.37. The first kappa shape index (κ1) is 11.4. The second-order valence-corrected chi connectivity index (χ2v) is 4.64. The van der Waals surface area contributed by atoms with Crippen molar-refractivity contribution in [3.05, 3.63) is 53.7 Å². The number of hydrogen-bond acceptors (Lipinski definition) is 2. The number of benzene rings is 1. The molecule has 0 spiro atoms. The number of rotatable bonds is 3. The first-order valence-corrected chi connectivity index (χ1v) is 6.34. The Balaban J connectivity index is 2.13. The maximum Gasteiger partial charge on any atom is 0.125 e. The highest BCUT2D eigenvalue weighted by molar-refractivity contribution is 6.16. The van der Waals surface area contributed by atoms with Crippen LogP contribution in [0.25, 0.3) is 11.0 Å². The zero-order chi connectivity index (χ0) is 12.5. The molecule has 0 saturated heterocycles. The van der Waals surface area contributed by atoms with Gasteiger partial charge in [-0.3, -0.25) is 0 Å². The van der Waals surface area contributed by atoms with E-state index in [1.165, 1.54) is 5.56 Å². The van der Waals surface area contributed by atoms with Gasteiger partial charge >= 0.3 is 0 Å². The van der Waals surface area contributed by atoms with Crippen LogP contribution in [0.2, 0.25) is 0 Å². The highest BCUT2D eigenvalue weighted by Gasteiger charge is 2.10. The van der Waals surface area contributed by atoms with Gasteiger partial charge in [0.15, 0.2) is 0 Å². The van der Waals surface area contributed by atoms with Crippen LogP contribution in [0.3, 0.4) is 0 Å². The zero-order valence-electron chi connectivity index (χ0n) is 10.1. The van der Waals surface area contributed by atoms with E-state index in [0.717, 1.165) is 29.0 Å². The molecule has 3 aromatic rings. The molecule has 0 fully saturated rings. The van der Waals surface area contributed by atoms with Gasteiger partial charge in [0.25, 0.3) is 0 Å². The second kappa shape index (κ2) is 4.50. The molecule has 3 nitrogen and oxygen atoms in total. The number of aromatic nitrogens is 2. The van der Waals surface area contributed by atoms with Crippen molar-refractivity contribution in [1.82, 2.24) is 9.55 Å². The van der Waals surface area contributed by atoms with Crippen molar-refractivity contribution in [3.63, 3.8) is 0 Å². The summed E-state index contributed by atoms with van der Waals surface area (Å²) < 4.78 is 7.23. The van der Waals surface area contributed by atoms with Crippen LogP contribution in [0.4, 0.5) is 0 Å². The summed E-state index contributed by atoms with van der Waals surface area (Å²) in [4.78, 5) is 4.57.